The van der Waals surface area contributed by atoms with Crippen molar-refractivity contribution < 1.29 is 9.53 Å². The third-order valence-corrected chi connectivity index (χ3v) is 4.60. The lowest BCUT2D eigenvalue weighted by Gasteiger charge is -2.24. The summed E-state index contributed by atoms with van der Waals surface area (Å²) < 4.78 is 5.62. The number of carbonyl (C=O) groups excluding carboxylic acids is 1. The van der Waals surface area contributed by atoms with Crippen LogP contribution in [0.25, 0.3) is 10.9 Å². The Labute approximate surface area is 152 Å². The van der Waals surface area contributed by atoms with Crippen LogP contribution in [0.2, 0.25) is 0 Å². The Morgan fingerprint density at radius 3 is 2.92 bits per heavy atom. The number of amides is 1. The summed E-state index contributed by atoms with van der Waals surface area (Å²) in [7, 11) is 2.09. The van der Waals surface area contributed by atoms with E-state index in [0.717, 1.165) is 35.6 Å². The van der Waals surface area contributed by atoms with E-state index in [4.69, 9.17) is 4.74 Å². The van der Waals surface area contributed by atoms with Crippen LogP contribution in [-0.4, -0.2) is 28.9 Å². The SMILES string of the molecule is CC1Oc2ccc(CN(C)Cc3cccc4ncccc34)cc2NC1=O. The second-order valence-electron chi connectivity index (χ2n) is 6.74. The van der Waals surface area contributed by atoms with Gasteiger partial charge in [-0.15, -0.1) is 0 Å². The normalized spacial score (nSPS) is 16.3. The number of fused-ring (bicyclic) bond motifs is 2. The van der Waals surface area contributed by atoms with Gasteiger partial charge in [-0.05, 0) is 49.4 Å². The minimum Gasteiger partial charge on any atom is -0.479 e. The van der Waals surface area contributed by atoms with Crippen LogP contribution in [0.15, 0.2) is 54.7 Å². The molecular formula is C21H21N3O2. The zero-order chi connectivity index (χ0) is 18.1. The number of hydrogen-bond acceptors (Lipinski definition) is 4. The van der Waals surface area contributed by atoms with Gasteiger partial charge in [-0.2, -0.15) is 0 Å². The van der Waals surface area contributed by atoms with Crippen molar-refractivity contribution in [2.45, 2.75) is 26.1 Å². The molecule has 3 aromatic rings. The Morgan fingerprint density at radius 2 is 2.04 bits per heavy atom. The predicted octanol–water partition coefficient (Wildman–Crippen LogP) is 3.59. The molecule has 5 nitrogen and oxygen atoms in total. The fourth-order valence-electron chi connectivity index (χ4n) is 3.32. The fourth-order valence-corrected chi connectivity index (χ4v) is 3.32. The number of nitrogens with zero attached hydrogens (tertiary/aromatic N) is 2. The molecule has 0 saturated heterocycles. The zero-order valence-electron chi connectivity index (χ0n) is 14.9. The average Bonchev–Trinajstić information content (AvgIpc) is 2.63. The molecule has 0 fully saturated rings. The molecule has 1 unspecified atom stereocenters. The van der Waals surface area contributed by atoms with Gasteiger partial charge in [-0.3, -0.25) is 14.7 Å². The monoisotopic (exact) mass is 347 g/mol. The van der Waals surface area contributed by atoms with Crippen LogP contribution in [0.5, 0.6) is 5.75 Å². The minimum absolute atomic E-state index is 0.105. The number of anilines is 1. The molecule has 1 aliphatic heterocycles. The van der Waals surface area contributed by atoms with Crippen LogP contribution < -0.4 is 10.1 Å². The number of carbonyl (C=O) groups is 1. The Bertz CT molecular complexity index is 965. The molecule has 0 saturated carbocycles. The minimum atomic E-state index is -0.448. The first-order valence-corrected chi connectivity index (χ1v) is 8.72. The molecule has 1 atom stereocenters. The lowest BCUT2D eigenvalue weighted by molar-refractivity contribution is -0.122. The van der Waals surface area contributed by atoms with Crippen LogP contribution in [-0.2, 0) is 17.9 Å². The number of pyridine rings is 1. The Hall–Kier alpha value is -2.92. The number of ether oxygens (including phenoxy) is 1. The molecule has 0 spiro atoms. The summed E-state index contributed by atoms with van der Waals surface area (Å²) in [6, 6.07) is 16.3. The van der Waals surface area contributed by atoms with E-state index in [1.165, 1.54) is 10.9 Å². The second kappa shape index (κ2) is 6.77. The van der Waals surface area contributed by atoms with Crippen LogP contribution in [0.4, 0.5) is 5.69 Å². The van der Waals surface area contributed by atoms with Crippen molar-refractivity contribution in [3.05, 3.63) is 65.9 Å². The molecular weight excluding hydrogens is 326 g/mol. The lowest BCUT2D eigenvalue weighted by atomic mass is 10.1. The summed E-state index contributed by atoms with van der Waals surface area (Å²) in [5.41, 5.74) is 4.14. The van der Waals surface area contributed by atoms with Crippen molar-refractivity contribution in [2.75, 3.05) is 12.4 Å². The highest BCUT2D eigenvalue weighted by Crippen LogP contribution is 2.31. The highest BCUT2D eigenvalue weighted by molar-refractivity contribution is 5.97. The van der Waals surface area contributed by atoms with Gasteiger partial charge in [0.05, 0.1) is 11.2 Å². The maximum Gasteiger partial charge on any atom is 0.265 e. The van der Waals surface area contributed by atoms with Crippen molar-refractivity contribution in [2.24, 2.45) is 0 Å². The van der Waals surface area contributed by atoms with Gasteiger partial charge in [0.15, 0.2) is 6.10 Å². The number of aromatic nitrogens is 1. The summed E-state index contributed by atoms with van der Waals surface area (Å²) >= 11 is 0. The molecule has 1 aliphatic rings. The molecule has 0 radical (unpaired) electrons. The molecule has 5 heteroatoms. The summed E-state index contributed by atoms with van der Waals surface area (Å²) in [5.74, 6) is 0.620. The smallest absolute Gasteiger partial charge is 0.265 e. The van der Waals surface area contributed by atoms with Crippen LogP contribution >= 0.6 is 0 Å². The summed E-state index contributed by atoms with van der Waals surface area (Å²) in [4.78, 5) is 18.5. The molecule has 1 N–H and O–H groups in total. The van der Waals surface area contributed by atoms with Crippen molar-refractivity contribution in [1.29, 1.82) is 0 Å². The molecule has 1 amide bonds. The molecule has 0 aliphatic carbocycles. The van der Waals surface area contributed by atoms with Gasteiger partial charge >= 0.3 is 0 Å². The Kier molecular flexibility index (Phi) is 4.31. The first-order valence-electron chi connectivity index (χ1n) is 8.72. The predicted molar refractivity (Wildman–Crippen MR) is 102 cm³/mol. The summed E-state index contributed by atoms with van der Waals surface area (Å²) in [5, 5.41) is 4.09. The van der Waals surface area contributed by atoms with Crippen molar-refractivity contribution in [3.63, 3.8) is 0 Å². The van der Waals surface area contributed by atoms with Crippen LogP contribution in [0, 0.1) is 0 Å². The first-order chi connectivity index (χ1) is 12.6. The Balaban J connectivity index is 1.51. The number of benzene rings is 2. The molecule has 2 aromatic carbocycles. The highest BCUT2D eigenvalue weighted by atomic mass is 16.5. The van der Waals surface area contributed by atoms with Gasteiger partial charge in [0.25, 0.3) is 5.91 Å². The maximum absolute atomic E-state index is 11.8. The van der Waals surface area contributed by atoms with Gasteiger partial charge < -0.3 is 10.1 Å². The van der Waals surface area contributed by atoms with E-state index in [2.05, 4.69) is 34.4 Å². The molecule has 4 rings (SSSR count). The van der Waals surface area contributed by atoms with Crippen LogP contribution in [0.3, 0.4) is 0 Å². The van der Waals surface area contributed by atoms with Gasteiger partial charge in [0, 0.05) is 24.7 Å². The molecule has 26 heavy (non-hydrogen) atoms. The molecule has 132 valence electrons. The van der Waals surface area contributed by atoms with E-state index < -0.39 is 6.10 Å². The lowest BCUT2D eigenvalue weighted by Crippen LogP contribution is -2.34. The fraction of sp³-hybridized carbons (Fsp3) is 0.238. The third kappa shape index (κ3) is 3.26. The quantitative estimate of drug-likeness (QED) is 0.784. The average molecular weight is 347 g/mol. The standard InChI is InChI=1S/C21H21N3O2/c1-14-21(25)23-19-11-15(8-9-20(19)26-14)12-24(2)13-16-5-3-7-18-17(16)6-4-10-22-18/h3-11,14H,12-13H2,1-2H3,(H,23,25). The highest BCUT2D eigenvalue weighted by Gasteiger charge is 2.23. The van der Waals surface area contributed by atoms with E-state index >= 15 is 0 Å². The maximum atomic E-state index is 11.8. The van der Waals surface area contributed by atoms with Gasteiger partial charge in [-0.25, -0.2) is 0 Å². The first kappa shape index (κ1) is 16.5. The number of hydrogen-bond donors (Lipinski definition) is 1. The van der Waals surface area contributed by atoms with E-state index in [1.54, 1.807) is 6.92 Å². The topological polar surface area (TPSA) is 54.5 Å². The summed E-state index contributed by atoms with van der Waals surface area (Å²) in [6.45, 7) is 3.34. The number of nitrogens with one attached hydrogen (secondary N) is 1. The van der Waals surface area contributed by atoms with Crippen molar-refractivity contribution in [1.82, 2.24) is 9.88 Å². The summed E-state index contributed by atoms with van der Waals surface area (Å²) in [6.07, 6.45) is 1.37. The zero-order valence-corrected chi connectivity index (χ0v) is 14.9. The van der Waals surface area contributed by atoms with E-state index in [-0.39, 0.29) is 5.91 Å². The van der Waals surface area contributed by atoms with Crippen molar-refractivity contribution in [3.8, 4) is 5.75 Å². The third-order valence-electron chi connectivity index (χ3n) is 4.60. The number of rotatable bonds is 4. The van der Waals surface area contributed by atoms with E-state index in [0.29, 0.717) is 0 Å². The van der Waals surface area contributed by atoms with Crippen LogP contribution in [0.1, 0.15) is 18.1 Å². The van der Waals surface area contributed by atoms with Crippen molar-refractivity contribution >= 4 is 22.5 Å². The molecule has 2 heterocycles. The van der Waals surface area contributed by atoms with Gasteiger partial charge in [0.1, 0.15) is 5.75 Å². The van der Waals surface area contributed by atoms with E-state index in [1.807, 2.05) is 42.6 Å². The van der Waals surface area contributed by atoms with Gasteiger partial charge in [-0.1, -0.05) is 24.3 Å². The van der Waals surface area contributed by atoms with E-state index in [9.17, 15) is 4.79 Å². The largest absolute Gasteiger partial charge is 0.479 e. The second-order valence-corrected chi connectivity index (χ2v) is 6.74. The molecule has 1 aromatic heterocycles. The molecule has 0 bridgehead atoms. The van der Waals surface area contributed by atoms with Gasteiger partial charge in [0.2, 0.25) is 0 Å². The Morgan fingerprint density at radius 1 is 1.15 bits per heavy atom.